The fourth-order valence-electron chi connectivity index (χ4n) is 2.95. The molecule has 3 N–H and O–H groups in total. The monoisotopic (exact) mass is 276 g/mol. The lowest BCUT2D eigenvalue weighted by atomic mass is 9.95. The average molecular weight is 276 g/mol. The van der Waals surface area contributed by atoms with Crippen molar-refractivity contribution in [2.24, 2.45) is 17.6 Å². The second-order valence-electron chi connectivity index (χ2n) is 5.63. The molecular weight excluding hydrogens is 252 g/mol. The number of aromatic nitrogens is 1. The summed E-state index contributed by atoms with van der Waals surface area (Å²) in [7, 11) is 3.91. The van der Waals surface area contributed by atoms with Crippen LogP contribution in [-0.2, 0) is 11.3 Å². The predicted molar refractivity (Wildman–Crippen MR) is 80.3 cm³/mol. The van der Waals surface area contributed by atoms with Gasteiger partial charge in [-0.25, -0.2) is 4.98 Å². The number of hydrogen-bond acceptors (Lipinski definition) is 4. The Hall–Kier alpha value is -1.62. The molecule has 1 fully saturated rings. The number of hydrogen-bond donors (Lipinski definition) is 2. The highest BCUT2D eigenvalue weighted by Gasteiger charge is 2.31. The normalized spacial score (nSPS) is 21.8. The summed E-state index contributed by atoms with van der Waals surface area (Å²) >= 11 is 0. The third-order valence-electron chi connectivity index (χ3n) is 4.04. The first-order valence-corrected chi connectivity index (χ1v) is 7.22. The molecule has 2 atom stereocenters. The van der Waals surface area contributed by atoms with Crippen molar-refractivity contribution < 1.29 is 4.79 Å². The van der Waals surface area contributed by atoms with Gasteiger partial charge in [0.25, 0.3) is 0 Å². The summed E-state index contributed by atoms with van der Waals surface area (Å²) in [4.78, 5) is 18.6. The number of nitrogens with one attached hydrogen (secondary N) is 1. The van der Waals surface area contributed by atoms with E-state index in [2.05, 4.69) is 10.3 Å². The minimum atomic E-state index is 0.0828. The number of amides is 1. The van der Waals surface area contributed by atoms with Crippen molar-refractivity contribution in [3.05, 3.63) is 23.9 Å². The molecule has 5 heteroatoms. The van der Waals surface area contributed by atoms with Crippen molar-refractivity contribution in [3.63, 3.8) is 0 Å². The van der Waals surface area contributed by atoms with E-state index in [0.717, 1.165) is 30.6 Å². The number of anilines is 1. The Bertz CT molecular complexity index is 461. The van der Waals surface area contributed by atoms with E-state index in [0.29, 0.717) is 19.0 Å². The first-order chi connectivity index (χ1) is 9.63. The standard InChI is InChI=1S/C15H24N4O/c1-19(2)14-12(6-4-8-17-14)10-18-15(20)13-7-3-5-11(13)9-16/h4,6,8,11,13H,3,5,7,9-10,16H2,1-2H3,(H,18,20)/t11-,13-/m1/s1. The Morgan fingerprint density at radius 3 is 3.00 bits per heavy atom. The van der Waals surface area contributed by atoms with Crippen molar-refractivity contribution in [1.82, 2.24) is 10.3 Å². The Morgan fingerprint density at radius 1 is 1.50 bits per heavy atom. The van der Waals surface area contributed by atoms with Crippen LogP contribution in [0.25, 0.3) is 0 Å². The molecule has 110 valence electrons. The smallest absolute Gasteiger partial charge is 0.223 e. The number of nitrogens with zero attached hydrogens (tertiary/aromatic N) is 2. The number of pyridine rings is 1. The molecule has 0 unspecified atom stereocenters. The molecule has 1 heterocycles. The van der Waals surface area contributed by atoms with E-state index < -0.39 is 0 Å². The molecule has 0 spiro atoms. The van der Waals surface area contributed by atoms with Crippen LogP contribution in [0.4, 0.5) is 5.82 Å². The highest BCUT2D eigenvalue weighted by atomic mass is 16.1. The molecule has 0 radical (unpaired) electrons. The van der Waals surface area contributed by atoms with E-state index in [4.69, 9.17) is 5.73 Å². The van der Waals surface area contributed by atoms with E-state index in [1.54, 1.807) is 6.20 Å². The van der Waals surface area contributed by atoms with E-state index >= 15 is 0 Å². The van der Waals surface area contributed by atoms with Gasteiger partial charge in [-0.3, -0.25) is 4.79 Å². The Labute approximate surface area is 120 Å². The molecule has 1 aromatic rings. The number of carbonyl (C=O) groups excluding carboxylic acids is 1. The molecule has 1 aliphatic carbocycles. The SMILES string of the molecule is CN(C)c1ncccc1CNC(=O)[C@@H]1CCC[C@@H]1CN. The molecule has 0 aliphatic heterocycles. The van der Waals surface area contributed by atoms with Gasteiger partial charge >= 0.3 is 0 Å². The topological polar surface area (TPSA) is 71.2 Å². The zero-order valence-corrected chi connectivity index (χ0v) is 12.3. The molecular formula is C15H24N4O. The Balaban J connectivity index is 1.97. The van der Waals surface area contributed by atoms with Crippen LogP contribution in [0.5, 0.6) is 0 Å². The Morgan fingerprint density at radius 2 is 2.30 bits per heavy atom. The lowest BCUT2D eigenvalue weighted by Crippen LogP contribution is -2.35. The van der Waals surface area contributed by atoms with Crippen LogP contribution in [0.2, 0.25) is 0 Å². The summed E-state index contributed by atoms with van der Waals surface area (Å²) in [5.74, 6) is 1.46. The van der Waals surface area contributed by atoms with Crippen LogP contribution in [0.15, 0.2) is 18.3 Å². The third-order valence-corrected chi connectivity index (χ3v) is 4.04. The van der Waals surface area contributed by atoms with Crippen molar-refractivity contribution in [1.29, 1.82) is 0 Å². The molecule has 2 rings (SSSR count). The predicted octanol–water partition coefficient (Wildman–Crippen LogP) is 1.14. The largest absolute Gasteiger partial charge is 0.362 e. The van der Waals surface area contributed by atoms with Gasteiger partial charge in [-0.15, -0.1) is 0 Å². The van der Waals surface area contributed by atoms with Crippen LogP contribution >= 0.6 is 0 Å². The zero-order valence-electron chi connectivity index (χ0n) is 12.3. The van der Waals surface area contributed by atoms with Crippen LogP contribution in [0.3, 0.4) is 0 Å². The average Bonchev–Trinajstić information content (AvgIpc) is 2.93. The van der Waals surface area contributed by atoms with Crippen LogP contribution < -0.4 is 16.0 Å². The summed E-state index contributed by atoms with van der Waals surface area (Å²) < 4.78 is 0. The highest BCUT2D eigenvalue weighted by Crippen LogP contribution is 2.31. The third kappa shape index (κ3) is 3.28. The van der Waals surface area contributed by atoms with E-state index in [1.165, 1.54) is 0 Å². The van der Waals surface area contributed by atoms with Gasteiger partial charge in [0.2, 0.25) is 5.91 Å². The lowest BCUT2D eigenvalue weighted by Gasteiger charge is -2.19. The first kappa shape index (κ1) is 14.8. The second kappa shape index (κ2) is 6.70. The van der Waals surface area contributed by atoms with Gasteiger partial charge < -0.3 is 16.0 Å². The summed E-state index contributed by atoms with van der Waals surface area (Å²) in [5, 5.41) is 3.04. The lowest BCUT2D eigenvalue weighted by molar-refractivity contribution is -0.126. The number of rotatable bonds is 5. The fraction of sp³-hybridized carbons (Fsp3) is 0.600. The van der Waals surface area contributed by atoms with Gasteiger partial charge in [0, 0.05) is 38.3 Å². The maximum absolute atomic E-state index is 12.3. The minimum Gasteiger partial charge on any atom is -0.362 e. The molecule has 20 heavy (non-hydrogen) atoms. The minimum absolute atomic E-state index is 0.0828. The van der Waals surface area contributed by atoms with Crippen LogP contribution in [0.1, 0.15) is 24.8 Å². The second-order valence-corrected chi connectivity index (χ2v) is 5.63. The number of nitrogens with two attached hydrogens (primary N) is 1. The van der Waals surface area contributed by atoms with E-state index in [-0.39, 0.29) is 11.8 Å². The van der Waals surface area contributed by atoms with Gasteiger partial charge in [-0.1, -0.05) is 12.5 Å². The van der Waals surface area contributed by atoms with Crippen molar-refractivity contribution >= 4 is 11.7 Å². The fourth-order valence-corrected chi connectivity index (χ4v) is 2.95. The van der Waals surface area contributed by atoms with Crippen molar-refractivity contribution in [3.8, 4) is 0 Å². The Kier molecular flexibility index (Phi) is 4.95. The molecule has 0 saturated heterocycles. The molecule has 5 nitrogen and oxygen atoms in total. The van der Waals surface area contributed by atoms with Gasteiger partial charge in [0.1, 0.15) is 5.82 Å². The van der Waals surface area contributed by atoms with Gasteiger partial charge in [0.15, 0.2) is 0 Å². The summed E-state index contributed by atoms with van der Waals surface area (Å²) in [6.07, 6.45) is 4.91. The van der Waals surface area contributed by atoms with Crippen molar-refractivity contribution in [2.45, 2.75) is 25.8 Å². The summed E-state index contributed by atoms with van der Waals surface area (Å²) in [6.45, 7) is 1.13. The maximum Gasteiger partial charge on any atom is 0.223 e. The molecule has 1 amide bonds. The van der Waals surface area contributed by atoms with Crippen LogP contribution in [0, 0.1) is 11.8 Å². The number of carbonyl (C=O) groups is 1. The van der Waals surface area contributed by atoms with Crippen molar-refractivity contribution in [2.75, 3.05) is 25.5 Å². The van der Waals surface area contributed by atoms with Gasteiger partial charge in [-0.2, -0.15) is 0 Å². The molecule has 1 saturated carbocycles. The molecule has 1 aliphatic rings. The molecule has 0 aromatic carbocycles. The van der Waals surface area contributed by atoms with E-state index in [9.17, 15) is 4.79 Å². The summed E-state index contributed by atoms with van der Waals surface area (Å²) in [6, 6.07) is 3.89. The molecule has 1 aromatic heterocycles. The van der Waals surface area contributed by atoms with Gasteiger partial charge in [0.05, 0.1) is 0 Å². The van der Waals surface area contributed by atoms with Gasteiger partial charge in [-0.05, 0) is 31.4 Å². The highest BCUT2D eigenvalue weighted by molar-refractivity contribution is 5.79. The first-order valence-electron chi connectivity index (χ1n) is 7.22. The van der Waals surface area contributed by atoms with E-state index in [1.807, 2.05) is 31.1 Å². The van der Waals surface area contributed by atoms with Crippen LogP contribution in [-0.4, -0.2) is 31.5 Å². The summed E-state index contributed by atoms with van der Waals surface area (Å²) in [5.41, 5.74) is 6.77. The maximum atomic E-state index is 12.3. The quantitative estimate of drug-likeness (QED) is 0.846. The molecule has 0 bridgehead atoms. The zero-order chi connectivity index (χ0) is 14.5.